The van der Waals surface area contributed by atoms with E-state index in [0.717, 1.165) is 11.1 Å². The molecule has 0 unspecified atom stereocenters. The van der Waals surface area contributed by atoms with Crippen LogP contribution in [0.3, 0.4) is 0 Å². The molecule has 0 heterocycles. The van der Waals surface area contributed by atoms with Gasteiger partial charge in [-0.05, 0) is 36.6 Å². The van der Waals surface area contributed by atoms with E-state index in [4.69, 9.17) is 15.8 Å². The van der Waals surface area contributed by atoms with Crippen molar-refractivity contribution in [3.63, 3.8) is 0 Å². The first-order valence-corrected chi connectivity index (χ1v) is 4.70. The van der Waals surface area contributed by atoms with E-state index < -0.39 is 0 Å². The van der Waals surface area contributed by atoms with E-state index in [9.17, 15) is 0 Å². The first-order valence-electron chi connectivity index (χ1n) is 4.70. The summed E-state index contributed by atoms with van der Waals surface area (Å²) in [5.41, 5.74) is 2.49. The molecular formula is C13H9N3. The van der Waals surface area contributed by atoms with Gasteiger partial charge in [0, 0.05) is 0 Å². The number of rotatable bonds is 2. The Balaban J connectivity index is 2.92. The van der Waals surface area contributed by atoms with Crippen LogP contribution >= 0.6 is 0 Å². The summed E-state index contributed by atoms with van der Waals surface area (Å²) in [4.78, 5) is 0. The highest BCUT2D eigenvalue weighted by Crippen LogP contribution is 2.12. The van der Waals surface area contributed by atoms with Gasteiger partial charge in [0.25, 0.3) is 0 Å². The third-order valence-electron chi connectivity index (χ3n) is 2.20. The van der Waals surface area contributed by atoms with Gasteiger partial charge in [-0.3, -0.25) is 0 Å². The number of hydrogen-bond acceptors (Lipinski definition) is 3. The SMILES string of the molecule is CC(Cc1ccc(C#N)cc1)=C(C#N)C#N. The van der Waals surface area contributed by atoms with Crippen molar-refractivity contribution >= 4 is 0 Å². The third-order valence-corrected chi connectivity index (χ3v) is 2.20. The molecule has 0 fully saturated rings. The molecule has 0 aliphatic carbocycles. The fraction of sp³-hybridized carbons (Fsp3) is 0.154. The molecule has 0 radical (unpaired) electrons. The average Bonchev–Trinajstić information content (AvgIpc) is 2.31. The van der Waals surface area contributed by atoms with Crippen molar-refractivity contribution in [1.29, 1.82) is 15.8 Å². The summed E-state index contributed by atoms with van der Waals surface area (Å²) in [6.45, 7) is 1.76. The van der Waals surface area contributed by atoms with Crippen LogP contribution < -0.4 is 0 Å². The van der Waals surface area contributed by atoms with Crippen LogP contribution in [0.2, 0.25) is 0 Å². The van der Waals surface area contributed by atoms with Gasteiger partial charge in [0.15, 0.2) is 0 Å². The molecule has 3 nitrogen and oxygen atoms in total. The van der Waals surface area contributed by atoms with Crippen molar-refractivity contribution in [3.8, 4) is 18.2 Å². The summed E-state index contributed by atoms with van der Waals surface area (Å²) >= 11 is 0. The van der Waals surface area contributed by atoms with Crippen molar-refractivity contribution in [2.24, 2.45) is 0 Å². The minimum Gasteiger partial charge on any atom is -0.192 e. The topological polar surface area (TPSA) is 71.4 Å². The second kappa shape index (κ2) is 5.35. The largest absolute Gasteiger partial charge is 0.192 e. The number of allylic oxidation sites excluding steroid dienone is 2. The van der Waals surface area contributed by atoms with Crippen LogP contribution in [0, 0.1) is 34.0 Å². The molecule has 3 heteroatoms. The molecule has 0 spiro atoms. The Bertz CT molecular complexity index is 515. The fourth-order valence-electron chi connectivity index (χ4n) is 1.31. The Labute approximate surface area is 94.5 Å². The van der Waals surface area contributed by atoms with Crippen LogP contribution in [0.5, 0.6) is 0 Å². The van der Waals surface area contributed by atoms with Gasteiger partial charge in [-0.1, -0.05) is 12.1 Å². The minimum atomic E-state index is 0.157. The zero-order chi connectivity index (χ0) is 12.0. The highest BCUT2D eigenvalue weighted by atomic mass is 14.3. The molecule has 0 aliphatic heterocycles. The van der Waals surface area contributed by atoms with Crippen LogP contribution in [0.25, 0.3) is 0 Å². The maximum Gasteiger partial charge on any atom is 0.128 e. The first kappa shape index (κ1) is 11.5. The van der Waals surface area contributed by atoms with Gasteiger partial charge in [-0.25, -0.2) is 0 Å². The second-order valence-electron chi connectivity index (χ2n) is 3.36. The molecule has 0 bridgehead atoms. The summed E-state index contributed by atoms with van der Waals surface area (Å²) < 4.78 is 0. The maximum absolute atomic E-state index is 8.68. The molecule has 1 rings (SSSR count). The minimum absolute atomic E-state index is 0.157. The van der Waals surface area contributed by atoms with Gasteiger partial charge < -0.3 is 0 Å². The molecular weight excluding hydrogens is 198 g/mol. The average molecular weight is 207 g/mol. The summed E-state index contributed by atoms with van der Waals surface area (Å²) in [5, 5.41) is 26.0. The van der Waals surface area contributed by atoms with E-state index in [1.165, 1.54) is 0 Å². The van der Waals surface area contributed by atoms with Crippen LogP contribution in [0.15, 0.2) is 35.4 Å². The Morgan fingerprint density at radius 1 is 1.06 bits per heavy atom. The predicted octanol–water partition coefficient (Wildman–Crippen LogP) is 2.46. The third kappa shape index (κ3) is 2.71. The molecule has 76 valence electrons. The Morgan fingerprint density at radius 3 is 2.06 bits per heavy atom. The molecule has 0 saturated carbocycles. The second-order valence-corrected chi connectivity index (χ2v) is 3.36. The summed E-state index contributed by atoms with van der Waals surface area (Å²) in [7, 11) is 0. The lowest BCUT2D eigenvalue weighted by Crippen LogP contribution is -1.90. The molecule has 0 atom stereocenters. The van der Waals surface area contributed by atoms with Crippen LogP contribution in [-0.2, 0) is 6.42 Å². The van der Waals surface area contributed by atoms with Gasteiger partial charge in [-0.2, -0.15) is 15.8 Å². The van der Waals surface area contributed by atoms with E-state index in [1.807, 2.05) is 30.3 Å². The molecule has 1 aromatic carbocycles. The van der Waals surface area contributed by atoms with Crippen LogP contribution in [-0.4, -0.2) is 0 Å². The number of hydrogen-bond donors (Lipinski definition) is 0. The quantitative estimate of drug-likeness (QED) is 0.699. The van der Waals surface area contributed by atoms with Crippen LogP contribution in [0.4, 0.5) is 0 Å². The van der Waals surface area contributed by atoms with Gasteiger partial charge in [0.1, 0.15) is 17.7 Å². The van der Waals surface area contributed by atoms with Gasteiger partial charge in [0.2, 0.25) is 0 Å². The number of nitriles is 3. The van der Waals surface area contributed by atoms with Crippen molar-refractivity contribution in [2.75, 3.05) is 0 Å². The molecule has 1 aromatic rings. The Hall–Kier alpha value is -2.57. The van der Waals surface area contributed by atoms with E-state index >= 15 is 0 Å². The highest BCUT2D eigenvalue weighted by Gasteiger charge is 2.02. The number of nitrogens with zero attached hydrogens (tertiary/aromatic N) is 3. The zero-order valence-electron chi connectivity index (χ0n) is 8.86. The highest BCUT2D eigenvalue weighted by molar-refractivity contribution is 5.42. The Morgan fingerprint density at radius 2 is 1.62 bits per heavy atom. The summed E-state index contributed by atoms with van der Waals surface area (Å²) in [6.07, 6.45) is 0.558. The first-order chi connectivity index (χ1) is 7.71. The van der Waals surface area contributed by atoms with Crippen LogP contribution in [0.1, 0.15) is 18.1 Å². The zero-order valence-corrected chi connectivity index (χ0v) is 8.86. The van der Waals surface area contributed by atoms with Gasteiger partial charge >= 0.3 is 0 Å². The lowest BCUT2D eigenvalue weighted by molar-refractivity contribution is 1.13. The van der Waals surface area contributed by atoms with Crippen molar-refractivity contribution in [3.05, 3.63) is 46.5 Å². The standard InChI is InChI=1S/C13H9N3/c1-10(13(8-15)9-16)6-11-2-4-12(7-14)5-3-11/h2-5H,6H2,1H3. The molecule has 0 aromatic heterocycles. The van der Waals surface area contributed by atoms with Gasteiger partial charge in [0.05, 0.1) is 11.6 Å². The summed E-state index contributed by atoms with van der Waals surface area (Å²) in [5.74, 6) is 0. The normalized spacial score (nSPS) is 8.38. The van der Waals surface area contributed by atoms with Crippen molar-refractivity contribution in [1.82, 2.24) is 0 Å². The van der Waals surface area contributed by atoms with E-state index in [2.05, 4.69) is 0 Å². The van der Waals surface area contributed by atoms with Crippen molar-refractivity contribution < 1.29 is 0 Å². The molecule has 0 amide bonds. The molecule has 0 saturated heterocycles. The lowest BCUT2D eigenvalue weighted by atomic mass is 10.0. The molecule has 0 N–H and O–H groups in total. The summed E-state index contributed by atoms with van der Waals surface area (Å²) in [6, 6.07) is 12.9. The maximum atomic E-state index is 8.68. The van der Waals surface area contributed by atoms with Gasteiger partial charge in [-0.15, -0.1) is 0 Å². The van der Waals surface area contributed by atoms with Crippen molar-refractivity contribution in [2.45, 2.75) is 13.3 Å². The van der Waals surface area contributed by atoms with E-state index in [0.29, 0.717) is 12.0 Å². The van der Waals surface area contributed by atoms with E-state index in [-0.39, 0.29) is 5.57 Å². The number of benzene rings is 1. The fourth-order valence-corrected chi connectivity index (χ4v) is 1.31. The smallest absolute Gasteiger partial charge is 0.128 e. The lowest BCUT2D eigenvalue weighted by Gasteiger charge is -2.01. The Kier molecular flexibility index (Phi) is 3.84. The molecule has 0 aliphatic rings. The predicted molar refractivity (Wildman–Crippen MR) is 58.8 cm³/mol. The monoisotopic (exact) mass is 207 g/mol. The molecule has 16 heavy (non-hydrogen) atoms. The van der Waals surface area contributed by atoms with E-state index in [1.54, 1.807) is 19.1 Å².